The maximum Gasteiger partial charge on any atom is 0.407 e. The van der Waals surface area contributed by atoms with Gasteiger partial charge in [0.15, 0.2) is 0 Å². The summed E-state index contributed by atoms with van der Waals surface area (Å²) in [5.74, 6) is 2.57. The highest BCUT2D eigenvalue weighted by Crippen LogP contribution is 2.41. The number of carbonyl (C=O) groups excluding carboxylic acids is 5. The van der Waals surface area contributed by atoms with Crippen LogP contribution in [0.4, 0.5) is 37.4 Å². The van der Waals surface area contributed by atoms with Crippen LogP contribution in [0.5, 0.6) is 0 Å². The second-order valence-corrected chi connectivity index (χ2v) is 21.5. The lowest BCUT2D eigenvalue weighted by molar-refractivity contribution is -0.220. The maximum atomic E-state index is 16.0. The summed E-state index contributed by atoms with van der Waals surface area (Å²) in [6.45, 7) is 6.64. The Kier molecular flexibility index (Phi) is 18.9. The normalized spacial score (nSPS) is 18.8. The zero-order valence-electron chi connectivity index (χ0n) is 45.0. The molecule has 5 N–H and O–H groups in total. The summed E-state index contributed by atoms with van der Waals surface area (Å²) in [4.78, 5) is 79.4. The number of fused-ring (bicyclic) bond motifs is 2. The van der Waals surface area contributed by atoms with Crippen molar-refractivity contribution < 1.29 is 65.2 Å². The van der Waals surface area contributed by atoms with Crippen molar-refractivity contribution in [3.8, 4) is 23.1 Å². The molecule has 0 aliphatic carbocycles. The van der Waals surface area contributed by atoms with Crippen LogP contribution in [0.3, 0.4) is 0 Å². The molecule has 2 aromatic heterocycles. The van der Waals surface area contributed by atoms with Gasteiger partial charge in [0.05, 0.1) is 37.5 Å². The van der Waals surface area contributed by atoms with E-state index < -0.39 is 95.5 Å². The number of alkyl halides is 3. The molecule has 4 aromatic rings. The number of hydrogen-bond acceptors (Lipinski definition) is 13. The van der Waals surface area contributed by atoms with E-state index in [2.05, 4.69) is 47.5 Å². The highest BCUT2D eigenvalue weighted by atomic mass is 19.4. The van der Waals surface area contributed by atoms with Gasteiger partial charge in [-0.25, -0.2) is 28.4 Å². The van der Waals surface area contributed by atoms with Crippen molar-refractivity contribution in [3.63, 3.8) is 0 Å². The third kappa shape index (κ3) is 14.6. The molecule has 2 aromatic carbocycles. The molecule has 2 unspecified atom stereocenters. The number of halogens is 5. The fourth-order valence-electron chi connectivity index (χ4n) is 9.82. The Labute approximate surface area is 455 Å². The average Bonchev–Trinajstić information content (AvgIpc) is 4.18. The minimum Gasteiger partial charge on any atom is -0.453 e. The van der Waals surface area contributed by atoms with Crippen LogP contribution in [0.1, 0.15) is 82.6 Å². The maximum absolute atomic E-state index is 16.0. The first-order valence-corrected chi connectivity index (χ1v) is 25.8. The molecule has 7 atom stereocenters. The number of piperazine rings is 1. The number of pyridine rings is 2. The Morgan fingerprint density at radius 2 is 1.43 bits per heavy atom. The van der Waals surface area contributed by atoms with Gasteiger partial charge >= 0.3 is 18.4 Å². The van der Waals surface area contributed by atoms with Gasteiger partial charge in [-0.1, -0.05) is 50.8 Å². The van der Waals surface area contributed by atoms with Crippen molar-refractivity contribution in [2.75, 3.05) is 45.4 Å². The molecule has 0 saturated carbocycles. The molecule has 3 saturated heterocycles. The molecule has 18 nitrogen and oxygen atoms in total. The first-order valence-electron chi connectivity index (χ1n) is 25.8. The van der Waals surface area contributed by atoms with Crippen LogP contribution in [0.2, 0.25) is 0 Å². The fourth-order valence-corrected chi connectivity index (χ4v) is 9.82. The van der Waals surface area contributed by atoms with Gasteiger partial charge < -0.3 is 45.1 Å². The molecule has 2 bridgehead atoms. The number of nitrogens with one attached hydrogen (secondary N) is 4. The largest absolute Gasteiger partial charge is 0.453 e. The molecule has 79 heavy (non-hydrogen) atoms. The number of aliphatic hydroxyl groups excluding tert-OH is 1. The molecule has 5 amide bonds. The summed E-state index contributed by atoms with van der Waals surface area (Å²) in [5, 5.41) is 19.9. The van der Waals surface area contributed by atoms with E-state index in [-0.39, 0.29) is 41.8 Å². The number of benzene rings is 2. The van der Waals surface area contributed by atoms with Crippen LogP contribution in [0.25, 0.3) is 11.3 Å². The average molecular weight is 1100 g/mol. The van der Waals surface area contributed by atoms with Gasteiger partial charge in [0.25, 0.3) is 11.8 Å². The van der Waals surface area contributed by atoms with E-state index in [0.717, 1.165) is 62.9 Å². The van der Waals surface area contributed by atoms with Crippen LogP contribution < -0.4 is 26.3 Å². The Hall–Kier alpha value is -7.42. The number of rotatable bonds is 17. The summed E-state index contributed by atoms with van der Waals surface area (Å²) >= 11 is 0. The van der Waals surface area contributed by atoms with E-state index in [1.807, 2.05) is 22.3 Å². The lowest BCUT2D eigenvalue weighted by atomic mass is 9.82. The lowest BCUT2D eigenvalue weighted by Crippen LogP contribution is -2.63. The van der Waals surface area contributed by atoms with Crippen LogP contribution in [-0.4, -0.2) is 144 Å². The number of hydrazine groups is 1. The summed E-state index contributed by atoms with van der Waals surface area (Å²) in [7, 11) is 1.98. The fraction of sp³-hybridized carbons (Fsp3) is 0.482. The van der Waals surface area contributed by atoms with E-state index in [1.54, 1.807) is 63.4 Å². The molecular formula is C56H66F5N9O9. The van der Waals surface area contributed by atoms with Crippen molar-refractivity contribution in [1.29, 1.82) is 0 Å². The zero-order valence-corrected chi connectivity index (χ0v) is 45.0. The smallest absolute Gasteiger partial charge is 0.407 e. The van der Waals surface area contributed by atoms with E-state index in [0.29, 0.717) is 50.2 Å². The lowest BCUT2D eigenvalue weighted by Gasteiger charge is -2.42. The van der Waals surface area contributed by atoms with Crippen molar-refractivity contribution in [2.45, 2.75) is 122 Å². The van der Waals surface area contributed by atoms with Crippen LogP contribution in [0.15, 0.2) is 79.1 Å². The number of hydrogen-bond donors (Lipinski definition) is 5. The van der Waals surface area contributed by atoms with Crippen LogP contribution >= 0.6 is 0 Å². The topological polar surface area (TPSA) is 217 Å². The number of amides is 5. The summed E-state index contributed by atoms with van der Waals surface area (Å²) < 4.78 is 90.8. The minimum absolute atomic E-state index is 0.0769. The second kappa shape index (κ2) is 25.1. The molecule has 424 valence electrons. The zero-order chi connectivity index (χ0) is 57.4. The molecule has 3 aliphatic rings. The minimum atomic E-state index is -5.06. The Morgan fingerprint density at radius 3 is 1.97 bits per heavy atom. The number of anilines is 1. The molecule has 7 rings (SSSR count). The Balaban J connectivity index is 1.14. The van der Waals surface area contributed by atoms with Gasteiger partial charge in [0, 0.05) is 79.5 Å². The van der Waals surface area contributed by atoms with Gasteiger partial charge in [-0.3, -0.25) is 24.8 Å². The van der Waals surface area contributed by atoms with Crippen molar-refractivity contribution in [1.82, 2.24) is 41.3 Å². The molecule has 0 spiro atoms. The number of ether oxygens (including phenoxy) is 3. The van der Waals surface area contributed by atoms with Crippen molar-refractivity contribution in [2.24, 2.45) is 10.8 Å². The highest BCUT2D eigenvalue weighted by molar-refractivity contribution is 5.87. The predicted octanol–water partition coefficient (Wildman–Crippen LogP) is 6.19. The first kappa shape index (κ1) is 59.2. The van der Waals surface area contributed by atoms with Crippen LogP contribution in [0, 0.1) is 34.3 Å². The Morgan fingerprint density at radius 1 is 0.810 bits per heavy atom. The highest BCUT2D eigenvalue weighted by Gasteiger charge is 2.56. The number of aliphatic hydroxyl groups is 1. The molecule has 3 fully saturated rings. The van der Waals surface area contributed by atoms with Gasteiger partial charge in [-0.05, 0) is 105 Å². The number of carbonyl (C=O) groups is 5. The quantitative estimate of drug-likeness (QED) is 0.0454. The molecule has 0 radical (unpaired) electrons. The van der Waals surface area contributed by atoms with Gasteiger partial charge in [0.1, 0.15) is 35.6 Å². The molecule has 23 heteroatoms. The number of methoxy groups -OCH3 is 2. The summed E-state index contributed by atoms with van der Waals surface area (Å²) in [5.41, 5.74) is -0.0597. The first-order chi connectivity index (χ1) is 37.4. The van der Waals surface area contributed by atoms with Crippen molar-refractivity contribution in [3.05, 3.63) is 113 Å². The monoisotopic (exact) mass is 1100 g/mol. The van der Waals surface area contributed by atoms with Gasteiger partial charge in [-0.15, -0.1) is 0 Å². The molecule has 3 aliphatic heterocycles. The van der Waals surface area contributed by atoms with Gasteiger partial charge in [-0.2, -0.15) is 13.2 Å². The SMILES string of the molecule is COC(=O)N[C@H](C(=O)NN(Cc1c(F)cc(-c2ccccn2)cc1F)C[C@H](O)[C@H](Cc1ccc(C#Cc2ccc(N3CC4CCC(C3)N4C(=O)[C@@H]3CCCO3)nc2)cc1)NC(=O)[C@@H](NC(=O)OC)C(C)(C)C(F)(F)F)C(C)(C)C. The number of aromatic nitrogens is 2. The third-order valence-corrected chi connectivity index (χ3v) is 14.4. The molecule has 5 heterocycles. The van der Waals surface area contributed by atoms with Crippen molar-refractivity contribution >= 4 is 35.7 Å². The standard InChI is InChI=1S/C56H66F5N9O9/c1-54(2,3)47(65-52(75)77-6)50(73)67-69(31-39-40(57)26-36(27-41(39)58)42-11-8-9-23-62-42)32-44(71)43(64-49(72)48(66-53(76)78-7)55(4,5)56(59,60)61)25-34-16-13-33(14-17-34)15-18-35-19-22-46(63-28-35)68-29-37-20-21-38(30-68)70(37)51(74)45-12-10-24-79-45/h8-9,11,13-14,16-17,19,22-23,26-28,37-38,43-45,47-48,71H,10,12,20-21,24-25,29-32H2,1-7H3,(H,64,72)(H,65,75)(H,66,76)(H,67,73)/t37?,38?,43-,44-,45-,47+,48+/m0/s1. The predicted molar refractivity (Wildman–Crippen MR) is 279 cm³/mol. The Bertz CT molecular complexity index is 2840. The number of nitrogens with zero attached hydrogens (tertiary/aromatic N) is 5. The van der Waals surface area contributed by atoms with E-state index in [4.69, 9.17) is 9.47 Å². The van der Waals surface area contributed by atoms with E-state index >= 15 is 8.78 Å². The summed E-state index contributed by atoms with van der Waals surface area (Å²) in [6, 6.07) is 12.0. The third-order valence-electron chi connectivity index (χ3n) is 14.4. The van der Waals surface area contributed by atoms with E-state index in [9.17, 15) is 42.3 Å². The van der Waals surface area contributed by atoms with Gasteiger partial charge in [0.2, 0.25) is 5.91 Å². The van der Waals surface area contributed by atoms with E-state index in [1.165, 1.54) is 12.3 Å². The molecular weight excluding hydrogens is 1040 g/mol. The van der Waals surface area contributed by atoms with Crippen LogP contribution in [-0.2, 0) is 41.6 Å². The number of alkyl carbamates (subject to hydrolysis) is 2. The second-order valence-electron chi connectivity index (χ2n) is 21.5. The summed E-state index contributed by atoms with van der Waals surface area (Å²) in [6.07, 6.45) is -3.37.